The van der Waals surface area contributed by atoms with Crippen LogP contribution in [0.4, 0.5) is 0 Å². The molecule has 1 atom stereocenters. The second kappa shape index (κ2) is 8.98. The van der Waals surface area contributed by atoms with Crippen molar-refractivity contribution in [3.63, 3.8) is 0 Å². The standard InChI is InChI=1S/C18H16Cl2N2OS/c1-12(15-6-7-16(19)17(20)8-15)22-18(23)11-24-10-14-4-2-13(9-21)3-5-14/h2-8,12H,10-11H2,1H3,(H,22,23). The van der Waals surface area contributed by atoms with Gasteiger partial charge in [0.15, 0.2) is 0 Å². The molecule has 124 valence electrons. The quantitative estimate of drug-likeness (QED) is 0.771. The van der Waals surface area contributed by atoms with Gasteiger partial charge in [-0.1, -0.05) is 41.4 Å². The molecule has 6 heteroatoms. The number of halogens is 2. The van der Waals surface area contributed by atoms with Crippen LogP contribution in [0, 0.1) is 11.3 Å². The maximum Gasteiger partial charge on any atom is 0.230 e. The average Bonchev–Trinajstić information content (AvgIpc) is 2.58. The smallest absolute Gasteiger partial charge is 0.230 e. The molecule has 0 aliphatic heterocycles. The molecule has 24 heavy (non-hydrogen) atoms. The summed E-state index contributed by atoms with van der Waals surface area (Å²) in [4.78, 5) is 12.0. The molecule has 0 radical (unpaired) electrons. The Morgan fingerprint density at radius 1 is 1.21 bits per heavy atom. The maximum absolute atomic E-state index is 12.0. The number of rotatable bonds is 6. The average molecular weight is 379 g/mol. The highest BCUT2D eigenvalue weighted by Gasteiger charge is 2.11. The van der Waals surface area contributed by atoms with Crippen molar-refractivity contribution in [2.24, 2.45) is 0 Å². The van der Waals surface area contributed by atoms with Crippen molar-refractivity contribution in [1.82, 2.24) is 5.32 Å². The number of hydrogen-bond acceptors (Lipinski definition) is 3. The van der Waals surface area contributed by atoms with Crippen LogP contribution in [0.5, 0.6) is 0 Å². The van der Waals surface area contributed by atoms with Crippen molar-refractivity contribution in [1.29, 1.82) is 5.26 Å². The van der Waals surface area contributed by atoms with Crippen LogP contribution in [0.15, 0.2) is 42.5 Å². The highest BCUT2D eigenvalue weighted by Crippen LogP contribution is 2.25. The van der Waals surface area contributed by atoms with Crippen LogP contribution in [0.1, 0.15) is 29.7 Å². The van der Waals surface area contributed by atoms with E-state index in [4.69, 9.17) is 28.5 Å². The summed E-state index contributed by atoms with van der Waals surface area (Å²) >= 11 is 13.4. The number of amides is 1. The van der Waals surface area contributed by atoms with Gasteiger partial charge in [0.05, 0.1) is 33.5 Å². The van der Waals surface area contributed by atoms with Crippen molar-refractivity contribution < 1.29 is 4.79 Å². The highest BCUT2D eigenvalue weighted by molar-refractivity contribution is 7.99. The minimum Gasteiger partial charge on any atom is -0.349 e. The Morgan fingerprint density at radius 2 is 1.92 bits per heavy atom. The number of nitrogens with one attached hydrogen (secondary N) is 1. The molecule has 1 N–H and O–H groups in total. The van der Waals surface area contributed by atoms with Gasteiger partial charge in [-0.2, -0.15) is 5.26 Å². The van der Waals surface area contributed by atoms with Crippen LogP contribution < -0.4 is 5.32 Å². The minimum absolute atomic E-state index is 0.0350. The lowest BCUT2D eigenvalue weighted by atomic mass is 10.1. The van der Waals surface area contributed by atoms with E-state index in [9.17, 15) is 4.79 Å². The zero-order valence-electron chi connectivity index (χ0n) is 13.1. The van der Waals surface area contributed by atoms with Crippen molar-refractivity contribution in [2.45, 2.75) is 18.7 Å². The Hall–Kier alpha value is -1.67. The number of benzene rings is 2. The first-order chi connectivity index (χ1) is 11.5. The number of carbonyl (C=O) groups excluding carboxylic acids is 1. The summed E-state index contributed by atoms with van der Waals surface area (Å²) < 4.78 is 0. The molecule has 0 heterocycles. The number of thioether (sulfide) groups is 1. The first-order valence-electron chi connectivity index (χ1n) is 7.30. The zero-order valence-corrected chi connectivity index (χ0v) is 15.4. The van der Waals surface area contributed by atoms with Gasteiger partial charge in [0, 0.05) is 5.75 Å². The molecule has 1 amide bonds. The predicted molar refractivity (Wildman–Crippen MR) is 100 cm³/mol. The molecule has 0 fully saturated rings. The number of nitriles is 1. The van der Waals surface area contributed by atoms with Crippen molar-refractivity contribution in [2.75, 3.05) is 5.75 Å². The Morgan fingerprint density at radius 3 is 2.54 bits per heavy atom. The summed E-state index contributed by atoms with van der Waals surface area (Å²) in [5, 5.41) is 12.7. The molecular weight excluding hydrogens is 363 g/mol. The third-order valence-corrected chi connectivity index (χ3v) is 5.15. The molecule has 0 saturated carbocycles. The van der Waals surface area contributed by atoms with Gasteiger partial charge in [0.1, 0.15) is 0 Å². The summed E-state index contributed by atoms with van der Waals surface area (Å²) in [5.74, 6) is 1.05. The van der Waals surface area contributed by atoms with E-state index in [2.05, 4.69) is 11.4 Å². The Kier molecular flexibility index (Phi) is 6.99. The number of carbonyl (C=O) groups is 1. The summed E-state index contributed by atoms with van der Waals surface area (Å²) in [6.07, 6.45) is 0. The molecule has 0 aliphatic rings. The van der Waals surface area contributed by atoms with Gasteiger partial charge in [0.2, 0.25) is 5.91 Å². The van der Waals surface area contributed by atoms with Gasteiger partial charge in [-0.15, -0.1) is 11.8 Å². The molecule has 0 spiro atoms. The summed E-state index contributed by atoms with van der Waals surface area (Å²) in [6, 6.07) is 14.7. The summed E-state index contributed by atoms with van der Waals surface area (Å²) in [6.45, 7) is 1.91. The van der Waals surface area contributed by atoms with Crippen LogP contribution in [-0.4, -0.2) is 11.7 Å². The predicted octanol–water partition coefficient (Wildman–Crippen LogP) is 4.98. The fraction of sp³-hybridized carbons (Fsp3) is 0.222. The molecule has 2 rings (SSSR count). The third kappa shape index (κ3) is 5.45. The van der Waals surface area contributed by atoms with E-state index in [0.29, 0.717) is 21.4 Å². The molecule has 3 nitrogen and oxygen atoms in total. The van der Waals surface area contributed by atoms with E-state index >= 15 is 0 Å². The maximum atomic E-state index is 12.0. The number of nitrogens with zero attached hydrogens (tertiary/aromatic N) is 1. The molecule has 0 aromatic heterocycles. The molecule has 2 aromatic carbocycles. The largest absolute Gasteiger partial charge is 0.349 e. The molecule has 0 aliphatic carbocycles. The number of hydrogen-bond donors (Lipinski definition) is 1. The van der Waals surface area contributed by atoms with E-state index in [1.54, 1.807) is 24.3 Å². The Labute approximate surface area is 156 Å². The fourth-order valence-corrected chi connectivity index (χ4v) is 3.19. The lowest BCUT2D eigenvalue weighted by Crippen LogP contribution is -2.28. The highest BCUT2D eigenvalue weighted by atomic mass is 35.5. The first kappa shape index (κ1) is 18.7. The lowest BCUT2D eigenvalue weighted by Gasteiger charge is -2.15. The van der Waals surface area contributed by atoms with Gasteiger partial charge >= 0.3 is 0 Å². The van der Waals surface area contributed by atoms with Crippen molar-refractivity contribution in [3.05, 3.63) is 69.2 Å². The molecule has 0 saturated heterocycles. The summed E-state index contributed by atoms with van der Waals surface area (Å²) in [5.41, 5.74) is 2.64. The van der Waals surface area contributed by atoms with E-state index in [1.165, 1.54) is 11.8 Å². The van der Waals surface area contributed by atoms with Crippen LogP contribution in [0.2, 0.25) is 10.0 Å². The van der Waals surface area contributed by atoms with Gasteiger partial charge in [-0.25, -0.2) is 0 Å². The topological polar surface area (TPSA) is 52.9 Å². The van der Waals surface area contributed by atoms with E-state index < -0.39 is 0 Å². The lowest BCUT2D eigenvalue weighted by molar-refractivity contribution is -0.119. The van der Waals surface area contributed by atoms with Gasteiger partial charge in [0.25, 0.3) is 0 Å². The Bertz CT molecular complexity index is 757. The Balaban J connectivity index is 1.79. The van der Waals surface area contributed by atoms with E-state index in [1.807, 2.05) is 25.1 Å². The van der Waals surface area contributed by atoms with Crippen LogP contribution in [-0.2, 0) is 10.5 Å². The minimum atomic E-state index is -0.136. The first-order valence-corrected chi connectivity index (χ1v) is 9.21. The monoisotopic (exact) mass is 378 g/mol. The third-order valence-electron chi connectivity index (χ3n) is 3.41. The molecule has 2 aromatic rings. The zero-order chi connectivity index (χ0) is 17.5. The normalized spacial score (nSPS) is 11.6. The van der Waals surface area contributed by atoms with E-state index in [0.717, 1.165) is 16.9 Å². The molecule has 0 bridgehead atoms. The van der Waals surface area contributed by atoms with Crippen LogP contribution in [0.3, 0.4) is 0 Å². The fourth-order valence-electron chi connectivity index (χ4n) is 2.09. The SMILES string of the molecule is CC(NC(=O)CSCc1ccc(C#N)cc1)c1ccc(Cl)c(Cl)c1. The molecular formula is C18H16Cl2N2OS. The van der Waals surface area contributed by atoms with Crippen LogP contribution >= 0.6 is 35.0 Å². The van der Waals surface area contributed by atoms with Crippen molar-refractivity contribution in [3.8, 4) is 6.07 Å². The van der Waals surface area contributed by atoms with Crippen LogP contribution in [0.25, 0.3) is 0 Å². The van der Waals surface area contributed by atoms with Gasteiger partial charge in [-0.05, 0) is 42.3 Å². The van der Waals surface area contributed by atoms with Gasteiger partial charge < -0.3 is 5.32 Å². The second-order valence-corrected chi connectivity index (χ2v) is 7.06. The molecule has 1 unspecified atom stereocenters. The van der Waals surface area contributed by atoms with E-state index in [-0.39, 0.29) is 11.9 Å². The van der Waals surface area contributed by atoms with Gasteiger partial charge in [-0.3, -0.25) is 4.79 Å². The second-order valence-electron chi connectivity index (χ2n) is 5.26. The van der Waals surface area contributed by atoms with Crippen molar-refractivity contribution >= 4 is 40.9 Å². The summed E-state index contributed by atoms with van der Waals surface area (Å²) in [7, 11) is 0.